The smallest absolute Gasteiger partial charge is 0.232 e. The van der Waals surface area contributed by atoms with Gasteiger partial charge in [0.2, 0.25) is 11.9 Å². The monoisotopic (exact) mass is 232 g/mol. The molecule has 2 aromatic rings. The average molecular weight is 232 g/mol. The fourth-order valence-electron chi connectivity index (χ4n) is 1.75. The van der Waals surface area contributed by atoms with Crippen LogP contribution in [0.3, 0.4) is 0 Å². The van der Waals surface area contributed by atoms with Gasteiger partial charge in [0, 0.05) is 26.5 Å². The first-order valence-corrected chi connectivity index (χ1v) is 5.15. The van der Waals surface area contributed by atoms with E-state index in [4.69, 9.17) is 0 Å². The lowest BCUT2D eigenvalue weighted by Crippen LogP contribution is -2.28. The minimum absolute atomic E-state index is 0.652. The van der Waals surface area contributed by atoms with Crippen molar-refractivity contribution in [3.8, 4) is 0 Å². The lowest BCUT2D eigenvalue weighted by molar-refractivity contribution is 0.811. The molecule has 0 bridgehead atoms. The number of rotatable bonds is 2. The molecule has 3 rings (SSSR count). The zero-order valence-electron chi connectivity index (χ0n) is 9.59. The van der Waals surface area contributed by atoms with Crippen LogP contribution in [0, 0.1) is 0 Å². The van der Waals surface area contributed by atoms with Gasteiger partial charge in [-0.1, -0.05) is 0 Å². The van der Waals surface area contributed by atoms with Gasteiger partial charge in [-0.25, -0.2) is 0 Å². The summed E-state index contributed by atoms with van der Waals surface area (Å²) in [5, 5.41) is 15.8. The zero-order valence-corrected chi connectivity index (χ0v) is 9.59. The van der Waals surface area contributed by atoms with Gasteiger partial charge in [-0.3, -0.25) is 9.80 Å². The van der Waals surface area contributed by atoms with Crippen molar-refractivity contribution in [1.29, 1.82) is 0 Å². The van der Waals surface area contributed by atoms with Crippen LogP contribution >= 0.6 is 0 Å². The first-order valence-electron chi connectivity index (χ1n) is 5.15. The molecule has 88 valence electrons. The highest BCUT2D eigenvalue weighted by molar-refractivity contribution is 5.47. The van der Waals surface area contributed by atoms with E-state index >= 15 is 0 Å². The van der Waals surface area contributed by atoms with Gasteiger partial charge < -0.3 is 9.13 Å². The topological polar surface area (TPSA) is 67.9 Å². The van der Waals surface area contributed by atoms with Gasteiger partial charge in [0.05, 0.1) is 0 Å². The highest BCUT2D eigenvalue weighted by atomic mass is 15.5. The second-order valence-corrected chi connectivity index (χ2v) is 3.86. The van der Waals surface area contributed by atoms with Crippen LogP contribution in [0.4, 0.5) is 11.9 Å². The normalized spacial score (nSPS) is 14.9. The SMILES string of the molecule is Cn1cnnc1N1C=CN(c2nncn2C)C1. The lowest BCUT2D eigenvalue weighted by atomic mass is 10.7. The molecule has 0 spiro atoms. The third-order valence-corrected chi connectivity index (χ3v) is 2.62. The van der Waals surface area contributed by atoms with Crippen molar-refractivity contribution < 1.29 is 0 Å². The molecule has 0 atom stereocenters. The van der Waals surface area contributed by atoms with Crippen LogP contribution in [0.5, 0.6) is 0 Å². The molecule has 17 heavy (non-hydrogen) atoms. The molecule has 0 saturated carbocycles. The Hall–Kier alpha value is -2.38. The van der Waals surface area contributed by atoms with E-state index in [-0.39, 0.29) is 0 Å². The van der Waals surface area contributed by atoms with Crippen LogP contribution in [0.25, 0.3) is 0 Å². The molecule has 0 amide bonds. The molecule has 0 N–H and O–H groups in total. The van der Waals surface area contributed by atoms with Gasteiger partial charge in [-0.2, -0.15) is 0 Å². The van der Waals surface area contributed by atoms with E-state index in [0.29, 0.717) is 6.67 Å². The maximum atomic E-state index is 4.05. The molecular weight excluding hydrogens is 220 g/mol. The van der Waals surface area contributed by atoms with Gasteiger partial charge in [0.1, 0.15) is 19.3 Å². The Morgan fingerprint density at radius 3 is 1.71 bits per heavy atom. The van der Waals surface area contributed by atoms with E-state index in [9.17, 15) is 0 Å². The van der Waals surface area contributed by atoms with E-state index in [2.05, 4.69) is 20.4 Å². The molecule has 0 aliphatic carbocycles. The van der Waals surface area contributed by atoms with Gasteiger partial charge >= 0.3 is 0 Å². The summed E-state index contributed by atoms with van der Waals surface area (Å²) >= 11 is 0. The Morgan fingerprint density at radius 2 is 1.35 bits per heavy atom. The molecule has 0 fully saturated rings. The molecule has 8 nitrogen and oxygen atoms in total. The first-order chi connectivity index (χ1) is 8.25. The number of aromatic nitrogens is 6. The Bertz CT molecular complexity index is 505. The van der Waals surface area contributed by atoms with Crippen molar-refractivity contribution >= 4 is 11.9 Å². The van der Waals surface area contributed by atoms with Gasteiger partial charge in [-0.15, -0.1) is 20.4 Å². The molecule has 0 unspecified atom stereocenters. The Morgan fingerprint density at radius 1 is 0.882 bits per heavy atom. The van der Waals surface area contributed by atoms with E-state index in [0.717, 1.165) is 11.9 Å². The summed E-state index contributed by atoms with van der Waals surface area (Å²) in [6, 6.07) is 0. The van der Waals surface area contributed by atoms with Crippen molar-refractivity contribution in [2.24, 2.45) is 14.1 Å². The third-order valence-electron chi connectivity index (χ3n) is 2.62. The summed E-state index contributed by atoms with van der Waals surface area (Å²) in [4.78, 5) is 3.98. The Kier molecular flexibility index (Phi) is 2.07. The van der Waals surface area contributed by atoms with Crippen LogP contribution in [0.1, 0.15) is 0 Å². The molecule has 3 heterocycles. The molecule has 1 aliphatic heterocycles. The minimum atomic E-state index is 0.652. The van der Waals surface area contributed by atoms with Crippen LogP contribution in [0.2, 0.25) is 0 Å². The van der Waals surface area contributed by atoms with Crippen molar-refractivity contribution in [3.05, 3.63) is 25.1 Å². The van der Waals surface area contributed by atoms with Crippen LogP contribution in [0.15, 0.2) is 25.1 Å². The van der Waals surface area contributed by atoms with Crippen LogP contribution in [-0.4, -0.2) is 36.2 Å². The van der Waals surface area contributed by atoms with Gasteiger partial charge in [0.15, 0.2) is 0 Å². The summed E-state index contributed by atoms with van der Waals surface area (Å²) in [5.41, 5.74) is 0. The maximum Gasteiger partial charge on any atom is 0.232 e. The Balaban J connectivity index is 1.82. The Labute approximate surface area is 97.8 Å². The molecule has 8 heteroatoms. The lowest BCUT2D eigenvalue weighted by Gasteiger charge is -2.18. The fraction of sp³-hybridized carbons (Fsp3) is 0.333. The molecular formula is C9H12N8. The largest absolute Gasteiger partial charge is 0.303 e. The van der Waals surface area contributed by atoms with E-state index in [1.165, 1.54) is 0 Å². The highest BCUT2D eigenvalue weighted by Crippen LogP contribution is 2.19. The summed E-state index contributed by atoms with van der Waals surface area (Å²) in [5.74, 6) is 1.59. The molecule has 1 aliphatic rings. The van der Waals surface area contributed by atoms with Crippen molar-refractivity contribution in [3.63, 3.8) is 0 Å². The second-order valence-electron chi connectivity index (χ2n) is 3.86. The van der Waals surface area contributed by atoms with Gasteiger partial charge in [0.25, 0.3) is 0 Å². The molecule has 0 saturated heterocycles. The standard InChI is InChI=1S/C9H12N8/c1-14-5-10-12-8(14)16-3-4-17(7-16)9-13-11-6-15(9)2/h3-6H,7H2,1-2H3. The highest BCUT2D eigenvalue weighted by Gasteiger charge is 2.21. The van der Waals surface area contributed by atoms with E-state index in [1.54, 1.807) is 12.7 Å². The van der Waals surface area contributed by atoms with Crippen molar-refractivity contribution in [2.45, 2.75) is 0 Å². The van der Waals surface area contributed by atoms with Crippen LogP contribution < -0.4 is 9.80 Å². The zero-order chi connectivity index (χ0) is 11.8. The molecule has 0 radical (unpaired) electrons. The van der Waals surface area contributed by atoms with Crippen molar-refractivity contribution in [1.82, 2.24) is 29.5 Å². The predicted octanol–water partition coefficient (Wildman–Crippen LogP) is -0.301. The summed E-state index contributed by atoms with van der Waals surface area (Å²) in [7, 11) is 3.82. The first kappa shape index (κ1) is 9.82. The van der Waals surface area contributed by atoms with E-state index < -0.39 is 0 Å². The minimum Gasteiger partial charge on any atom is -0.303 e. The summed E-state index contributed by atoms with van der Waals surface area (Å²) in [6.45, 7) is 0.652. The molecule has 2 aromatic heterocycles. The third kappa shape index (κ3) is 1.53. The fourth-order valence-corrected chi connectivity index (χ4v) is 1.75. The number of hydrogen-bond acceptors (Lipinski definition) is 6. The summed E-state index contributed by atoms with van der Waals surface area (Å²) < 4.78 is 3.73. The number of nitrogens with zero attached hydrogens (tertiary/aromatic N) is 8. The maximum absolute atomic E-state index is 4.05. The number of anilines is 2. The van der Waals surface area contributed by atoms with Gasteiger partial charge in [-0.05, 0) is 0 Å². The molecule has 0 aromatic carbocycles. The second kappa shape index (κ2) is 3.58. The average Bonchev–Trinajstić information content (AvgIpc) is 2.97. The predicted molar refractivity (Wildman–Crippen MR) is 61.0 cm³/mol. The quantitative estimate of drug-likeness (QED) is 0.708. The number of hydrogen-bond donors (Lipinski definition) is 0. The van der Waals surface area contributed by atoms with Crippen molar-refractivity contribution in [2.75, 3.05) is 16.5 Å². The number of aryl methyl sites for hydroxylation is 2. The van der Waals surface area contributed by atoms with Crippen LogP contribution in [-0.2, 0) is 14.1 Å². The summed E-state index contributed by atoms with van der Waals surface area (Å²) in [6.07, 6.45) is 7.24. The van der Waals surface area contributed by atoms with E-state index in [1.807, 2.05) is 45.4 Å².